The Balaban J connectivity index is 1.96. The molecule has 1 saturated heterocycles. The second-order valence-electron chi connectivity index (χ2n) is 7.77. The summed E-state index contributed by atoms with van der Waals surface area (Å²) < 4.78 is 0. The van der Waals surface area contributed by atoms with Gasteiger partial charge in [-0.3, -0.25) is 4.90 Å². The molecule has 2 fully saturated rings. The van der Waals surface area contributed by atoms with Crippen molar-refractivity contribution in [2.45, 2.75) is 60.0 Å². The molecule has 1 aliphatic carbocycles. The van der Waals surface area contributed by atoms with E-state index in [1.54, 1.807) is 0 Å². The van der Waals surface area contributed by atoms with E-state index in [-0.39, 0.29) is 0 Å². The highest BCUT2D eigenvalue weighted by molar-refractivity contribution is 5.13. The lowest BCUT2D eigenvalue weighted by molar-refractivity contribution is 0.0783. The lowest BCUT2D eigenvalue weighted by atomic mass is 9.87. The number of nitrogens with zero attached hydrogens (tertiary/aromatic N) is 1. The summed E-state index contributed by atoms with van der Waals surface area (Å²) in [5.74, 6) is 1.62. The fourth-order valence-electron chi connectivity index (χ4n) is 4.13. The van der Waals surface area contributed by atoms with Gasteiger partial charge in [-0.2, -0.15) is 0 Å². The van der Waals surface area contributed by atoms with Gasteiger partial charge in [-0.15, -0.1) is 0 Å². The van der Waals surface area contributed by atoms with Crippen molar-refractivity contribution in [1.29, 1.82) is 0 Å². The predicted octanol–water partition coefficient (Wildman–Crippen LogP) is 2.99. The Morgan fingerprint density at radius 2 is 1.67 bits per heavy atom. The molecule has 0 aromatic carbocycles. The van der Waals surface area contributed by atoms with Crippen LogP contribution < -0.4 is 5.32 Å². The highest BCUT2D eigenvalue weighted by Gasteiger charge is 2.64. The minimum atomic E-state index is 0.524. The molecule has 2 aliphatic rings. The van der Waals surface area contributed by atoms with Gasteiger partial charge in [-0.05, 0) is 49.6 Å². The number of rotatable bonds is 3. The van der Waals surface area contributed by atoms with E-state index in [1.807, 2.05) is 0 Å². The summed E-state index contributed by atoms with van der Waals surface area (Å²) in [6.07, 6.45) is 1.30. The molecule has 3 atom stereocenters. The number of likely N-dealkylation sites (tertiary alicyclic amines) is 1. The average molecular weight is 252 g/mol. The summed E-state index contributed by atoms with van der Waals surface area (Å²) in [6.45, 7) is 17.1. The predicted molar refractivity (Wildman–Crippen MR) is 78.7 cm³/mol. The average Bonchev–Trinajstić information content (AvgIpc) is 2.67. The SMILES string of the molecule is CNC1CCN(CC2C(C)(C)C2(C)C)C(C)C1C. The molecule has 2 heteroatoms. The Morgan fingerprint density at radius 3 is 2.11 bits per heavy atom. The first kappa shape index (κ1) is 14.3. The zero-order chi connectivity index (χ0) is 13.7. The summed E-state index contributed by atoms with van der Waals surface area (Å²) in [5, 5.41) is 3.48. The molecule has 1 aliphatic heterocycles. The zero-order valence-corrected chi connectivity index (χ0v) is 13.4. The van der Waals surface area contributed by atoms with Crippen molar-refractivity contribution in [1.82, 2.24) is 10.2 Å². The van der Waals surface area contributed by atoms with Crippen LogP contribution in [0.4, 0.5) is 0 Å². The van der Waals surface area contributed by atoms with Gasteiger partial charge >= 0.3 is 0 Å². The number of nitrogens with one attached hydrogen (secondary N) is 1. The second kappa shape index (κ2) is 4.49. The van der Waals surface area contributed by atoms with Crippen molar-refractivity contribution in [3.05, 3.63) is 0 Å². The van der Waals surface area contributed by atoms with E-state index in [4.69, 9.17) is 0 Å². The van der Waals surface area contributed by atoms with Gasteiger partial charge in [0.25, 0.3) is 0 Å². The van der Waals surface area contributed by atoms with Gasteiger partial charge in [0, 0.05) is 18.6 Å². The van der Waals surface area contributed by atoms with Gasteiger partial charge in [0.15, 0.2) is 0 Å². The first-order valence-electron chi connectivity index (χ1n) is 7.64. The van der Waals surface area contributed by atoms with Crippen molar-refractivity contribution in [3.63, 3.8) is 0 Å². The smallest absolute Gasteiger partial charge is 0.0117 e. The highest BCUT2D eigenvalue weighted by Crippen LogP contribution is 2.68. The molecule has 2 rings (SSSR count). The quantitative estimate of drug-likeness (QED) is 0.831. The maximum Gasteiger partial charge on any atom is 0.0117 e. The monoisotopic (exact) mass is 252 g/mol. The van der Waals surface area contributed by atoms with Crippen molar-refractivity contribution in [2.24, 2.45) is 22.7 Å². The van der Waals surface area contributed by atoms with Crippen LogP contribution in [0, 0.1) is 22.7 Å². The molecule has 106 valence electrons. The van der Waals surface area contributed by atoms with E-state index >= 15 is 0 Å². The van der Waals surface area contributed by atoms with Crippen molar-refractivity contribution < 1.29 is 0 Å². The Bertz CT molecular complexity index is 294. The summed E-state index contributed by atoms with van der Waals surface area (Å²) in [4.78, 5) is 2.74. The molecule has 1 saturated carbocycles. The molecule has 1 N–H and O–H groups in total. The maximum absolute atomic E-state index is 3.48. The first-order valence-corrected chi connectivity index (χ1v) is 7.64. The van der Waals surface area contributed by atoms with Crippen LogP contribution in [0.1, 0.15) is 48.0 Å². The molecule has 0 aromatic heterocycles. The van der Waals surface area contributed by atoms with Crippen LogP contribution in [0.15, 0.2) is 0 Å². The third kappa shape index (κ3) is 2.02. The van der Waals surface area contributed by atoms with Crippen molar-refractivity contribution >= 4 is 0 Å². The van der Waals surface area contributed by atoms with E-state index < -0.39 is 0 Å². The van der Waals surface area contributed by atoms with Crippen molar-refractivity contribution in [3.8, 4) is 0 Å². The second-order valence-corrected chi connectivity index (χ2v) is 7.77. The van der Waals surface area contributed by atoms with Gasteiger partial charge in [0.1, 0.15) is 0 Å². The van der Waals surface area contributed by atoms with Crippen LogP contribution >= 0.6 is 0 Å². The van der Waals surface area contributed by atoms with Gasteiger partial charge < -0.3 is 5.32 Å². The minimum absolute atomic E-state index is 0.524. The van der Waals surface area contributed by atoms with Crippen LogP contribution in [0.2, 0.25) is 0 Å². The molecule has 0 aromatic rings. The minimum Gasteiger partial charge on any atom is -0.317 e. The summed E-state index contributed by atoms with van der Waals surface area (Å²) in [7, 11) is 2.11. The lowest BCUT2D eigenvalue weighted by Crippen LogP contribution is -2.53. The molecule has 2 nitrogen and oxygen atoms in total. The normalized spacial score (nSPS) is 39.8. The molecule has 18 heavy (non-hydrogen) atoms. The van der Waals surface area contributed by atoms with Gasteiger partial charge in [0.05, 0.1) is 0 Å². The molecular weight excluding hydrogens is 220 g/mol. The Hall–Kier alpha value is -0.0800. The number of hydrogen-bond donors (Lipinski definition) is 1. The van der Waals surface area contributed by atoms with E-state index in [9.17, 15) is 0 Å². The number of piperidine rings is 1. The van der Waals surface area contributed by atoms with Crippen LogP contribution in [0.3, 0.4) is 0 Å². The summed E-state index contributed by atoms with van der Waals surface area (Å²) >= 11 is 0. The molecule has 0 amide bonds. The highest BCUT2D eigenvalue weighted by atomic mass is 15.2. The standard InChI is InChI=1S/C16H32N2/c1-11-12(2)18(9-8-13(11)17-7)10-14-15(3,4)16(14,5)6/h11-14,17H,8-10H2,1-7H3. The first-order chi connectivity index (χ1) is 8.23. The zero-order valence-electron chi connectivity index (χ0n) is 13.4. The van der Waals surface area contributed by atoms with Crippen LogP contribution in [-0.2, 0) is 0 Å². The largest absolute Gasteiger partial charge is 0.317 e. The maximum atomic E-state index is 3.48. The Kier molecular flexibility index (Phi) is 3.57. The van der Waals surface area contributed by atoms with Crippen LogP contribution in [0.5, 0.6) is 0 Å². The van der Waals surface area contributed by atoms with Gasteiger partial charge in [0.2, 0.25) is 0 Å². The third-order valence-electron chi connectivity index (χ3n) is 6.81. The molecule has 1 heterocycles. The summed E-state index contributed by atoms with van der Waals surface area (Å²) in [6, 6.07) is 1.42. The van der Waals surface area contributed by atoms with Crippen LogP contribution in [-0.4, -0.2) is 37.1 Å². The van der Waals surface area contributed by atoms with E-state index in [2.05, 4.69) is 58.8 Å². The Morgan fingerprint density at radius 1 is 1.11 bits per heavy atom. The molecule has 0 spiro atoms. The summed E-state index contributed by atoms with van der Waals surface area (Å²) in [5.41, 5.74) is 1.05. The van der Waals surface area contributed by atoms with Crippen LogP contribution in [0.25, 0.3) is 0 Å². The topological polar surface area (TPSA) is 15.3 Å². The van der Waals surface area contributed by atoms with E-state index in [0.717, 1.165) is 11.8 Å². The fraction of sp³-hybridized carbons (Fsp3) is 1.00. The van der Waals surface area contributed by atoms with Gasteiger partial charge in [-0.1, -0.05) is 34.6 Å². The molecule has 0 bridgehead atoms. The van der Waals surface area contributed by atoms with Gasteiger partial charge in [-0.25, -0.2) is 0 Å². The lowest BCUT2D eigenvalue weighted by Gasteiger charge is -2.43. The third-order valence-corrected chi connectivity index (χ3v) is 6.81. The molecule has 3 unspecified atom stereocenters. The fourth-order valence-corrected chi connectivity index (χ4v) is 4.13. The Labute approximate surface area is 114 Å². The number of hydrogen-bond acceptors (Lipinski definition) is 2. The van der Waals surface area contributed by atoms with Crippen molar-refractivity contribution in [2.75, 3.05) is 20.1 Å². The van der Waals surface area contributed by atoms with E-state index in [1.165, 1.54) is 19.5 Å². The van der Waals surface area contributed by atoms with E-state index in [0.29, 0.717) is 22.9 Å². The molecule has 0 radical (unpaired) electrons. The molecular formula is C16H32N2.